The van der Waals surface area contributed by atoms with Crippen molar-refractivity contribution in [3.8, 4) is 5.75 Å². The number of benzene rings is 3. The van der Waals surface area contributed by atoms with Gasteiger partial charge in [-0.2, -0.15) is 0 Å². The number of carbonyl (C=O) groups excluding carboxylic acids is 1. The number of nitrogens with zero attached hydrogens (tertiary/aromatic N) is 1. The lowest BCUT2D eigenvalue weighted by Crippen LogP contribution is -2.29. The van der Waals surface area contributed by atoms with Crippen LogP contribution in [0, 0.1) is 0 Å². The van der Waals surface area contributed by atoms with Gasteiger partial charge in [-0.25, -0.2) is 0 Å². The van der Waals surface area contributed by atoms with E-state index in [4.69, 9.17) is 4.74 Å². The summed E-state index contributed by atoms with van der Waals surface area (Å²) in [5, 5.41) is 3.41. The number of fused-ring (bicyclic) bond motifs is 2. The molecule has 1 amide bonds. The SMILES string of the molecule is CCOc1ccc2c(c1)Nc1ccccc1C(=O)N2Cc1ccccc1. The second kappa shape index (κ2) is 6.92. The summed E-state index contributed by atoms with van der Waals surface area (Å²) >= 11 is 0. The molecule has 3 aromatic rings. The summed E-state index contributed by atoms with van der Waals surface area (Å²) in [4.78, 5) is 15.1. The Balaban J connectivity index is 1.82. The average Bonchev–Trinajstić information content (AvgIpc) is 2.78. The summed E-state index contributed by atoms with van der Waals surface area (Å²) < 4.78 is 5.64. The van der Waals surface area contributed by atoms with E-state index in [1.54, 1.807) is 0 Å². The molecule has 1 N–H and O–H groups in total. The Labute approximate surface area is 153 Å². The van der Waals surface area contributed by atoms with Crippen LogP contribution in [0.3, 0.4) is 0 Å². The highest BCUT2D eigenvalue weighted by molar-refractivity contribution is 6.13. The molecule has 1 heterocycles. The third kappa shape index (κ3) is 3.02. The Bertz CT molecular complexity index is 938. The van der Waals surface area contributed by atoms with Crippen molar-refractivity contribution in [2.45, 2.75) is 13.5 Å². The zero-order valence-corrected chi connectivity index (χ0v) is 14.6. The predicted molar refractivity (Wildman–Crippen MR) is 104 cm³/mol. The zero-order chi connectivity index (χ0) is 17.9. The Morgan fingerprint density at radius 1 is 0.923 bits per heavy atom. The van der Waals surface area contributed by atoms with E-state index in [2.05, 4.69) is 5.32 Å². The molecule has 1 aliphatic heterocycles. The maximum atomic E-state index is 13.3. The molecule has 0 bridgehead atoms. The van der Waals surface area contributed by atoms with Crippen LogP contribution in [-0.2, 0) is 6.54 Å². The first-order chi connectivity index (χ1) is 12.8. The van der Waals surface area contributed by atoms with Crippen molar-refractivity contribution in [3.05, 3.63) is 83.9 Å². The molecule has 26 heavy (non-hydrogen) atoms. The van der Waals surface area contributed by atoms with Crippen LogP contribution in [0.2, 0.25) is 0 Å². The fraction of sp³-hybridized carbons (Fsp3) is 0.136. The van der Waals surface area contributed by atoms with Gasteiger partial charge in [0.15, 0.2) is 0 Å². The molecule has 0 saturated carbocycles. The molecule has 0 saturated heterocycles. The number of rotatable bonds is 4. The van der Waals surface area contributed by atoms with Crippen molar-refractivity contribution in [2.24, 2.45) is 0 Å². The Morgan fingerprint density at radius 3 is 2.50 bits per heavy atom. The molecule has 0 aromatic heterocycles. The van der Waals surface area contributed by atoms with Gasteiger partial charge in [-0.15, -0.1) is 0 Å². The topological polar surface area (TPSA) is 41.6 Å². The summed E-state index contributed by atoms with van der Waals surface area (Å²) in [7, 11) is 0. The van der Waals surface area contributed by atoms with Gasteiger partial charge in [0.1, 0.15) is 5.75 Å². The standard InChI is InChI=1S/C22H20N2O2/c1-2-26-17-12-13-21-20(14-17)23-19-11-7-6-10-18(19)22(25)24(21)15-16-8-4-3-5-9-16/h3-14,23H,2,15H2,1H3. The minimum atomic E-state index is -0.0140. The van der Waals surface area contributed by atoms with Gasteiger partial charge in [0.05, 0.1) is 35.8 Å². The van der Waals surface area contributed by atoms with E-state index < -0.39 is 0 Å². The molecule has 130 valence electrons. The number of hydrogen-bond donors (Lipinski definition) is 1. The Morgan fingerprint density at radius 2 is 1.69 bits per heavy atom. The van der Waals surface area contributed by atoms with Gasteiger partial charge < -0.3 is 15.0 Å². The van der Waals surface area contributed by atoms with Crippen LogP contribution in [0.4, 0.5) is 17.1 Å². The van der Waals surface area contributed by atoms with Crippen LogP contribution in [0.25, 0.3) is 0 Å². The molecule has 0 radical (unpaired) electrons. The van der Waals surface area contributed by atoms with E-state index >= 15 is 0 Å². The molecule has 4 nitrogen and oxygen atoms in total. The highest BCUT2D eigenvalue weighted by atomic mass is 16.5. The van der Waals surface area contributed by atoms with E-state index in [-0.39, 0.29) is 5.91 Å². The lowest BCUT2D eigenvalue weighted by molar-refractivity contribution is 0.0986. The highest BCUT2D eigenvalue weighted by Crippen LogP contribution is 2.38. The van der Waals surface area contributed by atoms with Crippen molar-refractivity contribution in [2.75, 3.05) is 16.8 Å². The molecule has 4 heteroatoms. The van der Waals surface area contributed by atoms with Crippen LogP contribution in [0.5, 0.6) is 5.75 Å². The monoisotopic (exact) mass is 344 g/mol. The van der Waals surface area contributed by atoms with Crippen molar-refractivity contribution in [1.82, 2.24) is 0 Å². The number of carbonyl (C=O) groups is 1. The average molecular weight is 344 g/mol. The van der Waals surface area contributed by atoms with Crippen molar-refractivity contribution < 1.29 is 9.53 Å². The van der Waals surface area contributed by atoms with Crippen molar-refractivity contribution >= 4 is 23.0 Å². The third-order valence-electron chi connectivity index (χ3n) is 4.43. The van der Waals surface area contributed by atoms with Gasteiger partial charge in [0, 0.05) is 6.07 Å². The Kier molecular flexibility index (Phi) is 4.32. The molecule has 0 aliphatic carbocycles. The number of ether oxygens (including phenoxy) is 1. The lowest BCUT2D eigenvalue weighted by Gasteiger charge is -2.23. The second-order valence-corrected chi connectivity index (χ2v) is 6.16. The number of hydrogen-bond acceptors (Lipinski definition) is 3. The third-order valence-corrected chi connectivity index (χ3v) is 4.43. The molecular formula is C22H20N2O2. The number of amides is 1. The maximum Gasteiger partial charge on any atom is 0.260 e. The summed E-state index contributed by atoms with van der Waals surface area (Å²) in [5.41, 5.74) is 4.27. The summed E-state index contributed by atoms with van der Waals surface area (Å²) in [5.74, 6) is 0.769. The highest BCUT2D eigenvalue weighted by Gasteiger charge is 2.26. The molecule has 1 aliphatic rings. The molecule has 0 unspecified atom stereocenters. The van der Waals surface area contributed by atoms with Crippen LogP contribution in [0.1, 0.15) is 22.8 Å². The smallest absolute Gasteiger partial charge is 0.260 e. The fourth-order valence-corrected chi connectivity index (χ4v) is 3.21. The quantitative estimate of drug-likeness (QED) is 0.725. The van der Waals surface area contributed by atoms with E-state index in [9.17, 15) is 4.79 Å². The Hall–Kier alpha value is -3.27. The first-order valence-electron chi connectivity index (χ1n) is 8.75. The largest absolute Gasteiger partial charge is 0.494 e. The second-order valence-electron chi connectivity index (χ2n) is 6.16. The molecular weight excluding hydrogens is 324 g/mol. The van der Waals surface area contributed by atoms with Gasteiger partial charge in [-0.05, 0) is 36.8 Å². The van der Waals surface area contributed by atoms with E-state index in [1.807, 2.05) is 84.6 Å². The van der Waals surface area contributed by atoms with Crippen LogP contribution < -0.4 is 15.0 Å². The minimum Gasteiger partial charge on any atom is -0.494 e. The van der Waals surface area contributed by atoms with Crippen LogP contribution in [0.15, 0.2) is 72.8 Å². The van der Waals surface area contributed by atoms with Crippen molar-refractivity contribution in [3.63, 3.8) is 0 Å². The zero-order valence-electron chi connectivity index (χ0n) is 14.6. The van der Waals surface area contributed by atoms with Crippen LogP contribution >= 0.6 is 0 Å². The van der Waals surface area contributed by atoms with E-state index in [1.165, 1.54) is 0 Å². The van der Waals surface area contributed by atoms with Crippen LogP contribution in [-0.4, -0.2) is 12.5 Å². The first kappa shape index (κ1) is 16.2. The minimum absolute atomic E-state index is 0.0140. The van der Waals surface area contributed by atoms with E-state index in [0.717, 1.165) is 28.4 Å². The number of anilines is 3. The lowest BCUT2D eigenvalue weighted by atomic mass is 10.1. The van der Waals surface area contributed by atoms with Crippen molar-refractivity contribution in [1.29, 1.82) is 0 Å². The van der Waals surface area contributed by atoms with Gasteiger partial charge in [-0.3, -0.25) is 4.79 Å². The van der Waals surface area contributed by atoms with Gasteiger partial charge in [0.25, 0.3) is 5.91 Å². The number of para-hydroxylation sites is 1. The van der Waals surface area contributed by atoms with Gasteiger partial charge in [-0.1, -0.05) is 42.5 Å². The first-order valence-corrected chi connectivity index (χ1v) is 8.75. The normalized spacial score (nSPS) is 12.7. The van der Waals surface area contributed by atoms with E-state index in [0.29, 0.717) is 18.7 Å². The molecule has 0 fully saturated rings. The molecule has 3 aromatic carbocycles. The maximum absolute atomic E-state index is 13.3. The summed E-state index contributed by atoms with van der Waals surface area (Å²) in [6.45, 7) is 3.07. The number of nitrogens with one attached hydrogen (secondary N) is 1. The van der Waals surface area contributed by atoms with Gasteiger partial charge >= 0.3 is 0 Å². The molecule has 0 atom stereocenters. The van der Waals surface area contributed by atoms with Gasteiger partial charge in [0.2, 0.25) is 0 Å². The molecule has 0 spiro atoms. The summed E-state index contributed by atoms with van der Waals surface area (Å²) in [6, 6.07) is 23.4. The predicted octanol–water partition coefficient (Wildman–Crippen LogP) is 4.99. The fourth-order valence-electron chi connectivity index (χ4n) is 3.21. The summed E-state index contributed by atoms with van der Waals surface area (Å²) in [6.07, 6.45) is 0. The molecule has 4 rings (SSSR count).